The van der Waals surface area contributed by atoms with Crippen LogP contribution in [0.4, 0.5) is 0 Å². The first kappa shape index (κ1) is 23.0. The molecule has 0 heterocycles. The number of hydrogen-bond acceptors (Lipinski definition) is 3. The van der Waals surface area contributed by atoms with Gasteiger partial charge in [0, 0.05) is 27.3 Å². The molecule has 3 nitrogen and oxygen atoms in total. The Hall–Kier alpha value is 2.02. The van der Waals surface area contributed by atoms with E-state index in [0.29, 0.717) is 0 Å². The first-order valence-electron chi connectivity index (χ1n) is 0.707. The van der Waals surface area contributed by atoms with Crippen molar-refractivity contribution in [2.24, 2.45) is 0 Å². The van der Waals surface area contributed by atoms with Crippen LogP contribution in [-0.2, 0) is 19.5 Å². The van der Waals surface area contributed by atoms with E-state index in [9.17, 15) is 0 Å². The van der Waals surface area contributed by atoms with Gasteiger partial charge in [-0.25, -0.2) is 0 Å². The maximum Gasteiger partial charge on any atom is 3.00 e. The maximum atomic E-state index is 8.42. The van der Waals surface area contributed by atoms with E-state index in [1.807, 2.05) is 0 Å². The molecule has 4 radical (unpaired) electrons. The predicted octanol–water partition coefficient (Wildman–Crippen LogP) is -4.71. The number of hydrogen-bond donors (Lipinski definition) is 0. The van der Waals surface area contributed by atoms with Crippen LogP contribution in [0, 0.1) is 0 Å². The predicted molar refractivity (Wildman–Crippen MR) is 17.3 cm³/mol. The van der Waals surface area contributed by atoms with E-state index in [-0.39, 0.29) is 64.1 Å². The minimum atomic E-state index is -2.92. The van der Waals surface area contributed by atoms with Crippen molar-refractivity contribution in [2.75, 3.05) is 0 Å². The summed E-state index contributed by atoms with van der Waals surface area (Å²) in [7, 11) is -2.92. The fourth-order valence-electron chi connectivity index (χ4n) is 0. The molecular weight excluding hydrogens is 358 g/mol. The van der Waals surface area contributed by atoms with Gasteiger partial charge in [-0.15, -0.1) is 0 Å². The third kappa shape index (κ3) is 71.1. The van der Waals surface area contributed by atoms with Crippen molar-refractivity contribution < 1.29 is 34.6 Å². The molecule has 0 aromatic heterocycles. The van der Waals surface area contributed by atoms with Crippen LogP contribution in [0.2, 0.25) is 0 Å². The van der Waals surface area contributed by atoms with E-state index in [1.165, 1.54) is 0 Å². The molecule has 0 bridgehead atoms. The quantitative estimate of drug-likeness (QED) is 0.409. The molecular formula is AlBO3PbZn+2. The Morgan fingerprint density at radius 3 is 1.00 bits per heavy atom. The largest absolute Gasteiger partial charge is 3.00 e. The van der Waals surface area contributed by atoms with E-state index in [0.717, 1.165) is 0 Å². The molecule has 0 aliphatic rings. The Labute approximate surface area is 85.7 Å². The average Bonchev–Trinajstić information content (AvgIpc) is 0.811. The smallest absolute Gasteiger partial charge is 0.907 e. The van der Waals surface area contributed by atoms with Crippen molar-refractivity contribution in [3.05, 3.63) is 0 Å². The summed E-state index contributed by atoms with van der Waals surface area (Å²) in [5.41, 5.74) is 0. The molecule has 0 aliphatic heterocycles. The van der Waals surface area contributed by atoms with Crippen LogP contribution in [0.1, 0.15) is 0 Å². The van der Waals surface area contributed by atoms with Crippen molar-refractivity contribution in [1.82, 2.24) is 0 Å². The summed E-state index contributed by atoms with van der Waals surface area (Å²) in [4.78, 5) is 0. The van der Waals surface area contributed by atoms with Gasteiger partial charge in [-0.1, -0.05) is 0 Å². The van der Waals surface area contributed by atoms with Crippen LogP contribution >= 0.6 is 0 Å². The van der Waals surface area contributed by atoms with E-state index in [4.69, 9.17) is 15.1 Å². The summed E-state index contributed by atoms with van der Waals surface area (Å²) in [5.74, 6) is 0. The molecule has 28 valence electrons. The van der Waals surface area contributed by atoms with Gasteiger partial charge in [0.15, 0.2) is 0 Å². The molecule has 0 rings (SSSR count). The molecule has 0 N–H and O–H groups in total. The minimum Gasteiger partial charge on any atom is -0.907 e. The van der Waals surface area contributed by atoms with Crippen LogP contribution in [-0.4, -0.2) is 52.0 Å². The standard InChI is InChI=1S/Al.BO3.Pb.Zn/c;2-1(3)4;;/q+3;-3;;+2. The normalized spacial score (nSPS) is 3.86. The first-order chi connectivity index (χ1) is 1.73. The zero-order valence-corrected chi connectivity index (χ0v) is 11.6. The van der Waals surface area contributed by atoms with Crippen molar-refractivity contribution in [1.29, 1.82) is 0 Å². The fraction of sp³-hybridized carbons (Fsp3) is 0. The zero-order valence-electron chi connectivity index (χ0n) is 3.59. The van der Waals surface area contributed by atoms with Crippen molar-refractivity contribution in [3.63, 3.8) is 0 Å². The summed E-state index contributed by atoms with van der Waals surface area (Å²) < 4.78 is 0. The Morgan fingerprint density at radius 2 is 1.00 bits per heavy atom. The van der Waals surface area contributed by atoms with Gasteiger partial charge in [-0.05, 0) is 0 Å². The minimum absolute atomic E-state index is 0. The molecule has 0 amide bonds. The van der Waals surface area contributed by atoms with Crippen molar-refractivity contribution in [2.45, 2.75) is 0 Å². The maximum absolute atomic E-state index is 8.42. The van der Waals surface area contributed by atoms with Gasteiger partial charge in [-0.3, -0.25) is 7.32 Å². The topological polar surface area (TPSA) is 69.2 Å². The zero-order chi connectivity index (χ0) is 3.58. The summed E-state index contributed by atoms with van der Waals surface area (Å²) in [5, 5.41) is 25.2. The van der Waals surface area contributed by atoms with Gasteiger partial charge < -0.3 is 15.1 Å². The molecule has 7 heteroatoms. The number of rotatable bonds is 0. The molecule has 0 atom stereocenters. The fourth-order valence-corrected chi connectivity index (χ4v) is 0. The van der Waals surface area contributed by atoms with E-state index in [1.54, 1.807) is 0 Å². The Balaban J connectivity index is -0.0000000150. The Bertz CT molecular complexity index is 19.7. The molecule has 0 fully saturated rings. The monoisotopic (exact) mass is 358 g/mol. The van der Waals surface area contributed by atoms with Crippen LogP contribution in [0.5, 0.6) is 0 Å². The van der Waals surface area contributed by atoms with E-state index >= 15 is 0 Å². The van der Waals surface area contributed by atoms with Crippen LogP contribution in [0.25, 0.3) is 0 Å². The van der Waals surface area contributed by atoms with E-state index in [2.05, 4.69) is 0 Å². The third-order valence-corrected chi connectivity index (χ3v) is 0. The Kier molecular flexibility index (Phi) is 51.6. The van der Waals surface area contributed by atoms with Crippen LogP contribution < -0.4 is 15.1 Å². The van der Waals surface area contributed by atoms with E-state index < -0.39 is 7.32 Å². The van der Waals surface area contributed by atoms with Crippen molar-refractivity contribution >= 4 is 52.0 Å². The molecule has 0 aromatic carbocycles. The summed E-state index contributed by atoms with van der Waals surface area (Å²) >= 11 is 0. The Morgan fingerprint density at radius 1 is 1.00 bits per heavy atom. The summed E-state index contributed by atoms with van der Waals surface area (Å²) in [6, 6.07) is 0. The second-order valence-electron chi connectivity index (χ2n) is 0.289. The third-order valence-electron chi connectivity index (χ3n) is 0. The summed E-state index contributed by atoms with van der Waals surface area (Å²) in [6.07, 6.45) is 0. The van der Waals surface area contributed by atoms with Gasteiger partial charge in [0.05, 0.1) is 0 Å². The SMILES string of the molecule is [Al+3].[O-]B([O-])[O-].[Pb].[Zn+2]. The second kappa shape index (κ2) is 15.7. The molecule has 0 aromatic rings. The van der Waals surface area contributed by atoms with Gasteiger partial charge in [-0.2, -0.15) is 0 Å². The van der Waals surface area contributed by atoms with Crippen molar-refractivity contribution in [3.8, 4) is 0 Å². The first-order valence-corrected chi connectivity index (χ1v) is 0.707. The average molecular weight is 358 g/mol. The molecule has 0 saturated carbocycles. The molecule has 0 aliphatic carbocycles. The van der Waals surface area contributed by atoms with Gasteiger partial charge >= 0.3 is 36.8 Å². The van der Waals surface area contributed by atoms with Gasteiger partial charge in [0.25, 0.3) is 0 Å². The van der Waals surface area contributed by atoms with Crippen LogP contribution in [0.3, 0.4) is 0 Å². The second-order valence-corrected chi connectivity index (χ2v) is 0.289. The molecule has 0 unspecified atom stereocenters. The molecule has 0 spiro atoms. The van der Waals surface area contributed by atoms with Gasteiger partial charge in [0.1, 0.15) is 0 Å². The summed E-state index contributed by atoms with van der Waals surface area (Å²) in [6.45, 7) is 0. The van der Waals surface area contributed by atoms with Crippen LogP contribution in [0.15, 0.2) is 0 Å². The molecule has 0 saturated heterocycles. The molecule has 7 heavy (non-hydrogen) atoms. The van der Waals surface area contributed by atoms with Gasteiger partial charge in [0.2, 0.25) is 0 Å².